The Labute approximate surface area is 451 Å². The van der Waals surface area contributed by atoms with Crippen LogP contribution >= 0.6 is 7.82 Å². The molecule has 3 unspecified atom stereocenters. The topological polar surface area (TPSA) is 155 Å². The number of unbranched alkanes of at least 4 members (excludes halogenated alkanes) is 20. The van der Waals surface area contributed by atoms with Gasteiger partial charge in [-0.05, 0) is 116 Å². The molecule has 0 heterocycles. The third-order valence-corrected chi connectivity index (χ3v) is 12.9. The fourth-order valence-corrected chi connectivity index (χ4v) is 8.37. The number of ether oxygens (including phenoxy) is 3. The quantitative estimate of drug-likeness (QED) is 0.0197. The lowest BCUT2D eigenvalue weighted by molar-refractivity contribution is -0.161. The van der Waals surface area contributed by atoms with E-state index in [1.807, 2.05) is 0 Å². The Morgan fingerprint density at radius 3 is 1.09 bits per heavy atom. The molecule has 3 atom stereocenters. The van der Waals surface area contributed by atoms with E-state index in [2.05, 4.69) is 118 Å². The first-order chi connectivity index (χ1) is 36.2. The van der Waals surface area contributed by atoms with Crippen LogP contribution in [0, 0.1) is 0 Å². The third kappa shape index (κ3) is 53.2. The molecule has 0 rings (SSSR count). The Morgan fingerprint density at radius 2 is 0.703 bits per heavy atom. The van der Waals surface area contributed by atoms with Crippen molar-refractivity contribution >= 4 is 25.7 Å². The van der Waals surface area contributed by atoms with Crippen LogP contribution in [0.3, 0.4) is 0 Å². The van der Waals surface area contributed by atoms with E-state index in [0.29, 0.717) is 19.3 Å². The Bertz CT molecular complexity index is 1610. The van der Waals surface area contributed by atoms with Crippen LogP contribution in [0.25, 0.3) is 0 Å². The van der Waals surface area contributed by atoms with Crippen LogP contribution < -0.4 is 0 Å². The van der Waals surface area contributed by atoms with Gasteiger partial charge in [0.15, 0.2) is 6.10 Å². The van der Waals surface area contributed by atoms with Crippen molar-refractivity contribution in [1.82, 2.24) is 0 Å². The second-order valence-electron chi connectivity index (χ2n) is 19.0. The van der Waals surface area contributed by atoms with Gasteiger partial charge in [-0.3, -0.25) is 23.4 Å². The molecular weight excluding hydrogens is 952 g/mol. The maximum atomic E-state index is 12.9. The van der Waals surface area contributed by atoms with Crippen molar-refractivity contribution in [3.05, 3.63) is 97.2 Å². The molecule has 0 spiro atoms. The molecule has 2 N–H and O–H groups in total. The second-order valence-corrected chi connectivity index (χ2v) is 20.5. The number of esters is 3. The molecule has 0 saturated heterocycles. The summed E-state index contributed by atoms with van der Waals surface area (Å²) in [5, 5.41) is 9.81. The molecule has 0 aliphatic heterocycles. The summed E-state index contributed by atoms with van der Waals surface area (Å²) in [6.45, 7) is 4.36. The van der Waals surface area contributed by atoms with Crippen molar-refractivity contribution < 1.29 is 52.2 Å². The molecule has 0 aromatic carbocycles. The highest BCUT2D eigenvalue weighted by Gasteiger charge is 2.28. The molecular formula is C62H105O11P. The standard InChI is InChI=1S/C62H105O11P/c1-4-7-10-13-16-19-22-25-27-28-29-30-32-35-38-41-44-47-50-53-62(66)73-59(55-69-60(64)51-48-45-42-39-36-34-31-26-23-20-17-14-11-8-5-2)57-71-74(67,68)70-56-58(54-63)72-61(65)52-49-46-43-40-37-33-24-21-18-15-12-9-6-3/h7-8,10-11,16-17,19-21,24-27,29-31,58-59,63H,4-6,9,12-15,18,22-23,28,32-57H2,1-3H3,(H,67,68)/b10-7-,11-8-,19-16-,20-17-,24-21-,27-25-,30-29-,31-26-. The highest BCUT2D eigenvalue weighted by Crippen LogP contribution is 2.43. The molecule has 11 nitrogen and oxygen atoms in total. The minimum absolute atomic E-state index is 0.143. The lowest BCUT2D eigenvalue weighted by Gasteiger charge is -2.21. The van der Waals surface area contributed by atoms with Gasteiger partial charge in [-0.25, -0.2) is 4.57 Å². The van der Waals surface area contributed by atoms with Crippen LogP contribution in [0.1, 0.15) is 239 Å². The van der Waals surface area contributed by atoms with E-state index in [9.17, 15) is 28.9 Å². The number of phosphoric acid groups is 1. The van der Waals surface area contributed by atoms with Crippen molar-refractivity contribution in [3.63, 3.8) is 0 Å². The molecule has 0 aliphatic rings. The number of carbonyl (C=O) groups excluding carboxylic acids is 3. The second kappa shape index (κ2) is 55.6. The van der Waals surface area contributed by atoms with Gasteiger partial charge in [0.1, 0.15) is 12.7 Å². The minimum Gasteiger partial charge on any atom is -0.462 e. The van der Waals surface area contributed by atoms with Gasteiger partial charge in [0.05, 0.1) is 19.8 Å². The van der Waals surface area contributed by atoms with Gasteiger partial charge >= 0.3 is 25.7 Å². The van der Waals surface area contributed by atoms with Crippen LogP contribution in [0.5, 0.6) is 0 Å². The Balaban J connectivity index is 4.79. The summed E-state index contributed by atoms with van der Waals surface area (Å²) in [6.07, 6.45) is 65.0. The molecule has 0 radical (unpaired) electrons. The summed E-state index contributed by atoms with van der Waals surface area (Å²) in [4.78, 5) is 48.6. The monoisotopic (exact) mass is 1060 g/mol. The van der Waals surface area contributed by atoms with E-state index in [4.69, 9.17) is 23.3 Å². The Hall–Kier alpha value is -3.60. The van der Waals surface area contributed by atoms with E-state index in [-0.39, 0.29) is 25.9 Å². The van der Waals surface area contributed by atoms with E-state index in [0.717, 1.165) is 154 Å². The number of hydrogen-bond donors (Lipinski definition) is 2. The summed E-state index contributed by atoms with van der Waals surface area (Å²) in [7, 11) is -4.76. The number of aliphatic hydroxyl groups is 1. The maximum Gasteiger partial charge on any atom is 0.472 e. The van der Waals surface area contributed by atoms with Crippen LogP contribution in [0.4, 0.5) is 0 Å². The molecule has 0 saturated carbocycles. The number of hydrogen-bond acceptors (Lipinski definition) is 10. The predicted molar refractivity (Wildman–Crippen MR) is 307 cm³/mol. The normalized spacial score (nSPS) is 14.1. The van der Waals surface area contributed by atoms with Crippen molar-refractivity contribution in [2.75, 3.05) is 26.4 Å². The molecule has 0 amide bonds. The molecule has 424 valence electrons. The fraction of sp³-hybridized carbons (Fsp3) is 0.694. The van der Waals surface area contributed by atoms with Gasteiger partial charge in [0, 0.05) is 19.3 Å². The van der Waals surface area contributed by atoms with Crippen molar-refractivity contribution in [3.8, 4) is 0 Å². The smallest absolute Gasteiger partial charge is 0.462 e. The lowest BCUT2D eigenvalue weighted by atomic mass is 10.1. The van der Waals surface area contributed by atoms with Crippen LogP contribution in [-0.4, -0.2) is 66.5 Å². The van der Waals surface area contributed by atoms with Gasteiger partial charge < -0.3 is 24.2 Å². The SMILES string of the molecule is CC/C=C\C/C=C\C/C=C\C/C=C\CCCCCCCCC(=O)OC(COC(=O)CCCCCCC/C=C\C/C=C\C/C=C\CC)COP(=O)(O)OCC(CO)OC(=O)CCCCCCC/C=C\CCCCCC. The number of rotatable bonds is 53. The van der Waals surface area contributed by atoms with Gasteiger partial charge in [-0.15, -0.1) is 0 Å². The lowest BCUT2D eigenvalue weighted by Crippen LogP contribution is -2.30. The molecule has 0 aromatic rings. The highest BCUT2D eigenvalue weighted by molar-refractivity contribution is 7.47. The molecule has 0 aliphatic carbocycles. The highest BCUT2D eigenvalue weighted by atomic mass is 31.2. The van der Waals surface area contributed by atoms with E-state index in [1.165, 1.54) is 25.7 Å². The van der Waals surface area contributed by atoms with E-state index >= 15 is 0 Å². The molecule has 74 heavy (non-hydrogen) atoms. The molecule has 12 heteroatoms. The first kappa shape index (κ1) is 70.4. The molecule has 0 fully saturated rings. The number of carbonyl (C=O) groups is 3. The van der Waals surface area contributed by atoms with Crippen molar-refractivity contribution in [2.45, 2.75) is 251 Å². The van der Waals surface area contributed by atoms with Crippen LogP contribution in [0.2, 0.25) is 0 Å². The zero-order valence-electron chi connectivity index (χ0n) is 46.8. The first-order valence-corrected chi connectivity index (χ1v) is 30.6. The third-order valence-electron chi connectivity index (χ3n) is 12.0. The van der Waals surface area contributed by atoms with Gasteiger partial charge in [-0.1, -0.05) is 201 Å². The summed E-state index contributed by atoms with van der Waals surface area (Å²) >= 11 is 0. The van der Waals surface area contributed by atoms with Gasteiger partial charge in [0.25, 0.3) is 0 Å². The Kier molecular flexibility index (Phi) is 52.9. The summed E-state index contributed by atoms with van der Waals surface area (Å²) in [6, 6.07) is 0. The fourth-order valence-electron chi connectivity index (χ4n) is 7.59. The predicted octanol–water partition coefficient (Wildman–Crippen LogP) is 17.3. The van der Waals surface area contributed by atoms with Crippen LogP contribution in [-0.2, 0) is 42.2 Å². The first-order valence-electron chi connectivity index (χ1n) is 29.1. The van der Waals surface area contributed by atoms with Crippen molar-refractivity contribution in [1.29, 1.82) is 0 Å². The van der Waals surface area contributed by atoms with Crippen molar-refractivity contribution in [2.24, 2.45) is 0 Å². The summed E-state index contributed by atoms with van der Waals surface area (Å²) < 4.78 is 39.5. The molecule has 0 bridgehead atoms. The zero-order valence-corrected chi connectivity index (χ0v) is 47.7. The average Bonchev–Trinajstić information content (AvgIpc) is 3.39. The zero-order chi connectivity index (χ0) is 54.1. The summed E-state index contributed by atoms with van der Waals surface area (Å²) in [5.74, 6) is -1.51. The Morgan fingerprint density at radius 1 is 0.392 bits per heavy atom. The summed E-state index contributed by atoms with van der Waals surface area (Å²) in [5.41, 5.74) is 0. The molecule has 0 aromatic heterocycles. The van der Waals surface area contributed by atoms with E-state index in [1.54, 1.807) is 0 Å². The average molecular weight is 1060 g/mol. The van der Waals surface area contributed by atoms with E-state index < -0.39 is 57.8 Å². The maximum absolute atomic E-state index is 12.9. The minimum atomic E-state index is -4.76. The van der Waals surface area contributed by atoms with Gasteiger partial charge in [-0.2, -0.15) is 0 Å². The van der Waals surface area contributed by atoms with Gasteiger partial charge in [0.2, 0.25) is 0 Å². The number of phosphoric ester groups is 1. The van der Waals surface area contributed by atoms with Crippen LogP contribution in [0.15, 0.2) is 97.2 Å². The largest absolute Gasteiger partial charge is 0.472 e. The number of aliphatic hydroxyl groups excluding tert-OH is 1. The number of allylic oxidation sites excluding steroid dienone is 16.